The van der Waals surface area contributed by atoms with Crippen LogP contribution in [0.5, 0.6) is 17.2 Å². The Balaban J connectivity index is 1.65. The fourth-order valence-electron chi connectivity index (χ4n) is 3.16. The van der Waals surface area contributed by atoms with Gasteiger partial charge in [0.1, 0.15) is 19.0 Å². The van der Waals surface area contributed by atoms with Crippen LogP contribution in [0.1, 0.15) is 16.8 Å². The van der Waals surface area contributed by atoms with E-state index in [4.69, 9.17) is 9.47 Å². The number of aromatic hydroxyl groups is 1. The van der Waals surface area contributed by atoms with Gasteiger partial charge in [-0.05, 0) is 24.6 Å². The second-order valence-electron chi connectivity index (χ2n) is 6.83. The van der Waals surface area contributed by atoms with Gasteiger partial charge in [0.05, 0.1) is 11.2 Å². The highest BCUT2D eigenvalue weighted by Crippen LogP contribution is 2.32. The smallest absolute Gasteiger partial charge is 0.168 e. The molecule has 0 radical (unpaired) electrons. The Labute approximate surface area is 172 Å². The number of halogens is 2. The van der Waals surface area contributed by atoms with Crippen molar-refractivity contribution in [3.63, 3.8) is 0 Å². The van der Waals surface area contributed by atoms with Crippen molar-refractivity contribution in [3.8, 4) is 17.2 Å². The molecule has 1 heterocycles. The van der Waals surface area contributed by atoms with Gasteiger partial charge in [-0.1, -0.05) is 42.5 Å². The lowest BCUT2D eigenvalue weighted by Gasteiger charge is -2.16. The molecule has 0 bridgehead atoms. The van der Waals surface area contributed by atoms with Crippen LogP contribution < -0.4 is 9.47 Å². The zero-order valence-electron chi connectivity index (χ0n) is 16.2. The van der Waals surface area contributed by atoms with Crippen LogP contribution in [-0.2, 0) is 13.2 Å². The van der Waals surface area contributed by atoms with Crippen molar-refractivity contribution >= 4 is 10.9 Å². The average molecular weight is 407 g/mol. The van der Waals surface area contributed by atoms with Crippen LogP contribution in [0.15, 0.2) is 66.7 Å². The third-order valence-electron chi connectivity index (χ3n) is 4.77. The number of rotatable bonds is 6. The van der Waals surface area contributed by atoms with Gasteiger partial charge in [0, 0.05) is 23.1 Å². The summed E-state index contributed by atoms with van der Waals surface area (Å²) in [5.41, 5.74) is 3.06. The molecule has 0 aliphatic carbocycles. The third kappa shape index (κ3) is 4.03. The van der Waals surface area contributed by atoms with Crippen LogP contribution >= 0.6 is 0 Å². The minimum Gasteiger partial charge on any atom is -0.505 e. The second kappa shape index (κ2) is 8.37. The molecule has 152 valence electrons. The molecule has 0 unspecified atom stereocenters. The zero-order valence-corrected chi connectivity index (χ0v) is 16.2. The van der Waals surface area contributed by atoms with Gasteiger partial charge in [0.15, 0.2) is 23.1 Å². The molecule has 0 aliphatic heterocycles. The maximum Gasteiger partial charge on any atom is 0.168 e. The molecule has 0 amide bonds. The lowest BCUT2D eigenvalue weighted by molar-refractivity contribution is 0.277. The van der Waals surface area contributed by atoms with Crippen LogP contribution in [0.2, 0.25) is 0 Å². The van der Waals surface area contributed by atoms with E-state index in [1.807, 2.05) is 61.5 Å². The molecule has 4 nitrogen and oxygen atoms in total. The summed E-state index contributed by atoms with van der Waals surface area (Å²) in [6.45, 7) is 2.17. The predicted octanol–water partition coefficient (Wildman–Crippen LogP) is 5.69. The highest BCUT2D eigenvalue weighted by molar-refractivity contribution is 5.86. The summed E-state index contributed by atoms with van der Waals surface area (Å²) >= 11 is 0. The number of ether oxygens (including phenoxy) is 2. The van der Waals surface area contributed by atoms with Crippen molar-refractivity contribution in [2.24, 2.45) is 0 Å². The second-order valence-corrected chi connectivity index (χ2v) is 6.83. The molecule has 1 N–H and O–H groups in total. The van der Waals surface area contributed by atoms with Crippen LogP contribution in [-0.4, -0.2) is 10.1 Å². The quantitative estimate of drug-likeness (QED) is 0.446. The molecule has 0 aliphatic rings. The Morgan fingerprint density at radius 3 is 2.40 bits per heavy atom. The summed E-state index contributed by atoms with van der Waals surface area (Å²) in [4.78, 5) is 4.61. The standard InChI is InChI=1S/C24H19F2NO3/c1-15-21(14-29-23-12-22(28)18(25)11-19(23)26)27-20-10-6-5-9-17(20)24(15)30-13-16-7-3-2-4-8-16/h2-12,28H,13-14H2,1H3. The Kier molecular flexibility index (Phi) is 5.48. The Morgan fingerprint density at radius 1 is 0.867 bits per heavy atom. The highest BCUT2D eigenvalue weighted by atomic mass is 19.1. The van der Waals surface area contributed by atoms with Crippen LogP contribution in [0, 0.1) is 18.6 Å². The largest absolute Gasteiger partial charge is 0.505 e. The number of phenols is 1. The lowest BCUT2D eigenvalue weighted by Crippen LogP contribution is -2.06. The van der Waals surface area contributed by atoms with Gasteiger partial charge in [-0.25, -0.2) is 13.8 Å². The molecule has 3 aromatic carbocycles. The molecular formula is C24H19F2NO3. The SMILES string of the molecule is Cc1c(COc2cc(O)c(F)cc2F)nc2ccccc2c1OCc1ccccc1. The van der Waals surface area contributed by atoms with E-state index >= 15 is 0 Å². The number of hydrogen-bond acceptors (Lipinski definition) is 4. The normalized spacial score (nSPS) is 10.9. The van der Waals surface area contributed by atoms with E-state index in [2.05, 4.69) is 4.98 Å². The molecule has 0 saturated heterocycles. The number of fused-ring (bicyclic) bond motifs is 1. The van der Waals surface area contributed by atoms with Crippen LogP contribution in [0.4, 0.5) is 8.78 Å². The molecule has 6 heteroatoms. The Hall–Kier alpha value is -3.67. The Bertz CT molecular complexity index is 1200. The molecule has 0 atom stereocenters. The first-order valence-corrected chi connectivity index (χ1v) is 9.38. The molecular weight excluding hydrogens is 388 g/mol. The number of benzene rings is 3. The predicted molar refractivity (Wildman–Crippen MR) is 110 cm³/mol. The van der Waals surface area contributed by atoms with E-state index in [0.29, 0.717) is 29.6 Å². The molecule has 0 saturated carbocycles. The first kappa shape index (κ1) is 19.6. The number of aromatic nitrogens is 1. The van der Waals surface area contributed by atoms with Gasteiger partial charge in [-0.2, -0.15) is 0 Å². The summed E-state index contributed by atoms with van der Waals surface area (Å²) in [5, 5.41) is 10.3. The van der Waals surface area contributed by atoms with Crippen molar-refractivity contribution in [1.29, 1.82) is 0 Å². The summed E-state index contributed by atoms with van der Waals surface area (Å²) in [6.07, 6.45) is 0. The minimum absolute atomic E-state index is 0.0691. The zero-order chi connectivity index (χ0) is 21.1. The molecule has 0 spiro atoms. The first-order chi connectivity index (χ1) is 14.5. The molecule has 0 fully saturated rings. The topological polar surface area (TPSA) is 51.6 Å². The molecule has 4 rings (SSSR count). The van der Waals surface area contributed by atoms with E-state index in [9.17, 15) is 13.9 Å². The van der Waals surface area contributed by atoms with Crippen molar-refractivity contribution in [3.05, 3.63) is 95.2 Å². The van der Waals surface area contributed by atoms with Gasteiger partial charge in [0.2, 0.25) is 0 Å². The van der Waals surface area contributed by atoms with Crippen LogP contribution in [0.3, 0.4) is 0 Å². The first-order valence-electron chi connectivity index (χ1n) is 9.38. The third-order valence-corrected chi connectivity index (χ3v) is 4.77. The number of para-hydroxylation sites is 1. The number of pyridine rings is 1. The van der Waals surface area contributed by atoms with Crippen molar-refractivity contribution in [2.75, 3.05) is 0 Å². The van der Waals surface area contributed by atoms with E-state index in [-0.39, 0.29) is 12.4 Å². The van der Waals surface area contributed by atoms with Gasteiger partial charge < -0.3 is 14.6 Å². The number of hydrogen-bond donors (Lipinski definition) is 1. The van der Waals surface area contributed by atoms with E-state index < -0.39 is 17.4 Å². The molecule has 4 aromatic rings. The summed E-state index contributed by atoms with van der Waals surface area (Å²) < 4.78 is 38.8. The van der Waals surface area contributed by atoms with Crippen molar-refractivity contribution < 1.29 is 23.4 Å². The van der Waals surface area contributed by atoms with Crippen LogP contribution in [0.25, 0.3) is 10.9 Å². The lowest BCUT2D eigenvalue weighted by atomic mass is 10.1. The Morgan fingerprint density at radius 2 is 1.60 bits per heavy atom. The maximum absolute atomic E-state index is 14.0. The van der Waals surface area contributed by atoms with E-state index in [1.54, 1.807) is 0 Å². The molecule has 1 aromatic heterocycles. The van der Waals surface area contributed by atoms with Crippen molar-refractivity contribution in [1.82, 2.24) is 4.98 Å². The van der Waals surface area contributed by atoms with Gasteiger partial charge in [-0.15, -0.1) is 0 Å². The van der Waals surface area contributed by atoms with Gasteiger partial charge >= 0.3 is 0 Å². The summed E-state index contributed by atoms with van der Waals surface area (Å²) in [5.74, 6) is -2.21. The summed E-state index contributed by atoms with van der Waals surface area (Å²) in [6, 6.07) is 18.9. The fraction of sp³-hybridized carbons (Fsp3) is 0.125. The van der Waals surface area contributed by atoms with Crippen molar-refractivity contribution in [2.45, 2.75) is 20.1 Å². The average Bonchev–Trinajstić information content (AvgIpc) is 2.75. The maximum atomic E-state index is 14.0. The molecule has 30 heavy (non-hydrogen) atoms. The number of nitrogens with zero attached hydrogens (tertiary/aromatic N) is 1. The number of phenolic OH excluding ortho intramolecular Hbond substituents is 1. The van der Waals surface area contributed by atoms with Gasteiger partial charge in [0.25, 0.3) is 0 Å². The van der Waals surface area contributed by atoms with E-state index in [0.717, 1.165) is 22.6 Å². The van der Waals surface area contributed by atoms with Gasteiger partial charge in [-0.3, -0.25) is 0 Å². The summed E-state index contributed by atoms with van der Waals surface area (Å²) in [7, 11) is 0. The van der Waals surface area contributed by atoms with E-state index in [1.165, 1.54) is 0 Å². The minimum atomic E-state index is -1.04. The highest BCUT2D eigenvalue weighted by Gasteiger charge is 2.16. The monoisotopic (exact) mass is 407 g/mol. The fourth-order valence-corrected chi connectivity index (χ4v) is 3.16.